The largest absolute Gasteiger partial charge is 0.469 e. The lowest BCUT2D eigenvalue weighted by molar-refractivity contribution is -0.671. The third-order valence-electron chi connectivity index (χ3n) is 3.81. The Morgan fingerprint density at radius 1 is 0.960 bits per heavy atom. The summed E-state index contributed by atoms with van der Waals surface area (Å²) >= 11 is 0. The maximum Gasteiger partial charge on any atom is 0.469 e. The maximum absolute atomic E-state index is 9.86. The molecule has 6 nitrogen and oxygen atoms in total. The molecular weight excluding hydrogens is 339 g/mol. The third kappa shape index (κ3) is 17.9. The van der Waals surface area contributed by atoms with Gasteiger partial charge in [-0.25, -0.2) is 13.7 Å². The molecule has 0 unspecified atom stereocenters. The van der Waals surface area contributed by atoms with Crippen LogP contribution < -0.4 is 4.57 Å². The summed E-state index contributed by atoms with van der Waals surface area (Å²) in [6.07, 6.45) is 19.7. The second kappa shape index (κ2) is 15.6. The number of unbranched alkanes of at least 4 members (excludes halogenated alkanes) is 8. The molecule has 0 saturated heterocycles. The number of nitrogens with zero attached hydrogens (tertiary/aromatic N) is 2. The van der Waals surface area contributed by atoms with Gasteiger partial charge in [0.1, 0.15) is 12.4 Å². The number of aromatic nitrogens is 2. The van der Waals surface area contributed by atoms with E-state index in [-0.39, 0.29) is 6.61 Å². The molecule has 0 bridgehead atoms. The highest BCUT2D eigenvalue weighted by Crippen LogP contribution is 2.35. The Balaban J connectivity index is 0.000000609. The van der Waals surface area contributed by atoms with Gasteiger partial charge in [0, 0.05) is 0 Å². The van der Waals surface area contributed by atoms with E-state index in [1.54, 1.807) is 6.92 Å². The van der Waals surface area contributed by atoms with Crippen molar-refractivity contribution >= 4 is 7.82 Å². The van der Waals surface area contributed by atoms with Gasteiger partial charge in [-0.15, -0.1) is 0 Å². The third-order valence-corrected chi connectivity index (χ3v) is 4.33. The average molecular weight is 377 g/mol. The molecule has 1 aromatic rings. The van der Waals surface area contributed by atoms with E-state index in [0.717, 1.165) is 0 Å². The van der Waals surface area contributed by atoms with Crippen LogP contribution >= 0.6 is 7.82 Å². The lowest BCUT2D eigenvalue weighted by Gasteiger charge is -2.00. The van der Waals surface area contributed by atoms with Crippen molar-refractivity contribution in [2.24, 2.45) is 7.05 Å². The Labute approximate surface area is 153 Å². The monoisotopic (exact) mass is 377 g/mol. The maximum atomic E-state index is 9.86. The van der Waals surface area contributed by atoms with E-state index < -0.39 is 7.82 Å². The number of phosphoric acid groups is 1. The number of phosphoric ester groups is 1. The molecular formula is C18H38N2O4P+. The summed E-state index contributed by atoms with van der Waals surface area (Å²) in [4.78, 5) is 16.1. The molecule has 0 fully saturated rings. The first-order chi connectivity index (χ1) is 11.9. The van der Waals surface area contributed by atoms with E-state index in [2.05, 4.69) is 46.4 Å². The van der Waals surface area contributed by atoms with Crippen LogP contribution in [0.2, 0.25) is 0 Å². The second-order valence-corrected chi connectivity index (χ2v) is 7.71. The van der Waals surface area contributed by atoms with E-state index in [9.17, 15) is 4.57 Å². The fraction of sp³-hybridized carbons (Fsp3) is 0.833. The lowest BCUT2D eigenvalue weighted by Crippen LogP contribution is -2.23. The van der Waals surface area contributed by atoms with Gasteiger partial charge in [0.25, 0.3) is 0 Å². The summed E-state index contributed by atoms with van der Waals surface area (Å²) in [5.74, 6) is 0. The highest BCUT2D eigenvalue weighted by atomic mass is 31.2. The Bertz CT molecular complexity index is 460. The summed E-state index contributed by atoms with van der Waals surface area (Å²) in [6, 6.07) is 0. The van der Waals surface area contributed by atoms with E-state index in [0.29, 0.717) is 6.42 Å². The minimum Gasteiger partial charge on any atom is -0.303 e. The zero-order valence-electron chi connectivity index (χ0n) is 16.3. The van der Waals surface area contributed by atoms with Crippen molar-refractivity contribution in [3.05, 3.63) is 18.7 Å². The van der Waals surface area contributed by atoms with Gasteiger partial charge < -0.3 is 9.79 Å². The van der Waals surface area contributed by atoms with Gasteiger partial charge in [0.2, 0.25) is 6.33 Å². The summed E-state index contributed by atoms with van der Waals surface area (Å²) in [5, 5.41) is 0. The standard InChI is InChI=1S/C15H29N2.C3H9O4P/c1-3-4-5-6-7-8-9-10-11-12-17-14-13-16(2)15-17;1-2-3-7-8(4,5)6/h13-15H,3-12H2,1-2H3;2-3H2,1H3,(H2,4,5,6)/q+1;. The van der Waals surface area contributed by atoms with E-state index >= 15 is 0 Å². The SMILES string of the molecule is CCCCCCCCCCCn1cc[n+](C)c1.CCCOP(=O)(O)O. The number of aryl methyl sites for hydroxylation is 2. The molecule has 0 atom stereocenters. The van der Waals surface area contributed by atoms with E-state index in [1.165, 1.54) is 64.3 Å². The minimum absolute atomic E-state index is 0.115. The first-order valence-electron chi connectivity index (χ1n) is 9.60. The predicted octanol–water partition coefficient (Wildman–Crippen LogP) is 4.35. The number of imidazole rings is 1. The van der Waals surface area contributed by atoms with Crippen LogP contribution in [0.1, 0.15) is 78.1 Å². The highest BCUT2D eigenvalue weighted by molar-refractivity contribution is 7.46. The highest BCUT2D eigenvalue weighted by Gasteiger charge is 2.11. The van der Waals surface area contributed by atoms with Crippen LogP contribution in [-0.4, -0.2) is 21.0 Å². The summed E-state index contributed by atoms with van der Waals surface area (Å²) in [7, 11) is -2.11. The van der Waals surface area contributed by atoms with Gasteiger partial charge in [-0.3, -0.25) is 4.52 Å². The lowest BCUT2D eigenvalue weighted by atomic mass is 10.1. The normalized spacial score (nSPS) is 11.2. The minimum atomic E-state index is -4.18. The van der Waals surface area contributed by atoms with Crippen molar-refractivity contribution in [1.29, 1.82) is 0 Å². The number of hydrogen-bond donors (Lipinski definition) is 2. The van der Waals surface area contributed by atoms with Crippen LogP contribution in [0.4, 0.5) is 0 Å². The van der Waals surface area contributed by atoms with Crippen molar-refractivity contribution in [2.45, 2.75) is 84.6 Å². The average Bonchev–Trinajstić information content (AvgIpc) is 2.97. The van der Waals surface area contributed by atoms with E-state index in [1.807, 2.05) is 0 Å². The second-order valence-electron chi connectivity index (χ2n) is 6.47. The van der Waals surface area contributed by atoms with Gasteiger partial charge in [-0.05, 0) is 19.3 Å². The molecule has 0 aromatic carbocycles. The molecule has 148 valence electrons. The van der Waals surface area contributed by atoms with Crippen LogP contribution in [-0.2, 0) is 22.7 Å². The molecule has 0 radical (unpaired) electrons. The van der Waals surface area contributed by atoms with Crippen molar-refractivity contribution in [1.82, 2.24) is 4.57 Å². The molecule has 0 aliphatic carbocycles. The topological polar surface area (TPSA) is 75.6 Å². The quantitative estimate of drug-likeness (QED) is 0.304. The van der Waals surface area contributed by atoms with Crippen LogP contribution in [0.25, 0.3) is 0 Å². The molecule has 0 saturated carbocycles. The molecule has 0 aliphatic heterocycles. The number of hydrogen-bond acceptors (Lipinski definition) is 2. The van der Waals surface area contributed by atoms with Crippen molar-refractivity contribution in [3.8, 4) is 0 Å². The Morgan fingerprint density at radius 2 is 1.52 bits per heavy atom. The van der Waals surface area contributed by atoms with Crippen LogP contribution in [0.3, 0.4) is 0 Å². The number of rotatable bonds is 13. The van der Waals surface area contributed by atoms with Crippen molar-refractivity contribution in [2.75, 3.05) is 6.61 Å². The van der Waals surface area contributed by atoms with Gasteiger partial charge in [-0.2, -0.15) is 0 Å². The molecule has 0 spiro atoms. The fourth-order valence-electron chi connectivity index (χ4n) is 2.45. The van der Waals surface area contributed by atoms with Crippen molar-refractivity contribution < 1.29 is 23.4 Å². The molecule has 0 aliphatic rings. The molecule has 7 heteroatoms. The summed E-state index contributed by atoms with van der Waals surface area (Å²) < 4.78 is 18.3. The summed E-state index contributed by atoms with van der Waals surface area (Å²) in [6.45, 7) is 5.35. The molecule has 1 rings (SSSR count). The predicted molar refractivity (Wildman–Crippen MR) is 101 cm³/mol. The Kier molecular flexibility index (Phi) is 15.1. The van der Waals surface area contributed by atoms with E-state index in [4.69, 9.17) is 9.79 Å². The zero-order chi connectivity index (χ0) is 19.0. The Hall–Kier alpha value is -0.680. The Morgan fingerprint density at radius 3 is 1.92 bits per heavy atom. The first-order valence-corrected chi connectivity index (χ1v) is 11.1. The molecule has 1 aromatic heterocycles. The van der Waals surface area contributed by atoms with Crippen LogP contribution in [0.15, 0.2) is 18.7 Å². The molecule has 0 amide bonds. The molecule has 1 heterocycles. The van der Waals surface area contributed by atoms with Gasteiger partial charge in [0.05, 0.1) is 20.2 Å². The first kappa shape index (κ1) is 24.3. The molecule has 2 N–H and O–H groups in total. The summed E-state index contributed by atoms with van der Waals surface area (Å²) in [5.41, 5.74) is 0. The fourth-order valence-corrected chi connectivity index (χ4v) is 2.87. The zero-order valence-corrected chi connectivity index (χ0v) is 17.2. The molecule has 25 heavy (non-hydrogen) atoms. The smallest absolute Gasteiger partial charge is 0.303 e. The van der Waals surface area contributed by atoms with Gasteiger partial charge in [0.15, 0.2) is 0 Å². The van der Waals surface area contributed by atoms with Crippen LogP contribution in [0.5, 0.6) is 0 Å². The van der Waals surface area contributed by atoms with Gasteiger partial charge >= 0.3 is 7.82 Å². The van der Waals surface area contributed by atoms with Gasteiger partial charge in [-0.1, -0.05) is 58.8 Å². The van der Waals surface area contributed by atoms with Crippen molar-refractivity contribution in [3.63, 3.8) is 0 Å². The van der Waals surface area contributed by atoms with Crippen LogP contribution in [0, 0.1) is 0 Å².